The van der Waals surface area contributed by atoms with Crippen LogP contribution in [0.25, 0.3) is 0 Å². The molecule has 0 aliphatic carbocycles. The minimum Gasteiger partial charge on any atom is -0.411 e. The van der Waals surface area contributed by atoms with Gasteiger partial charge in [0.1, 0.15) is 0 Å². The van der Waals surface area contributed by atoms with Crippen LogP contribution >= 0.6 is 0 Å². The molecule has 0 N–H and O–H groups in total. The fraction of sp³-hybridized carbons (Fsp3) is 0.111. The summed E-state index contributed by atoms with van der Waals surface area (Å²) in [6, 6.07) is 7.28. The molecule has 0 saturated heterocycles. The van der Waals surface area contributed by atoms with E-state index in [1.165, 1.54) is 24.3 Å². The molecule has 0 amide bonds. The Kier molecular flexibility index (Phi) is 1.99. The second kappa shape index (κ2) is 3.17. The maximum Gasteiger partial charge on any atom is 0.349 e. The van der Waals surface area contributed by atoms with E-state index in [1.807, 2.05) is 6.39 Å². The predicted molar refractivity (Wildman–Crippen MR) is 42.6 cm³/mol. The van der Waals surface area contributed by atoms with Gasteiger partial charge in [-0.2, -0.15) is 8.78 Å². The van der Waals surface area contributed by atoms with Gasteiger partial charge in [0.15, 0.2) is 0 Å². The fourth-order valence-electron chi connectivity index (χ4n) is 1.05. The zero-order valence-corrected chi connectivity index (χ0v) is 6.95. The summed E-state index contributed by atoms with van der Waals surface area (Å²) >= 11 is 0. The predicted octanol–water partition coefficient (Wildman–Crippen LogP) is 2.01. The molecule has 3 nitrogen and oxygen atoms in total. The third kappa shape index (κ3) is 1.37. The largest absolute Gasteiger partial charge is 0.411 e. The first-order valence-electron chi connectivity index (χ1n) is 3.84. The lowest BCUT2D eigenvalue weighted by Gasteiger charge is -2.10. The Morgan fingerprint density at radius 3 is 2.50 bits per heavy atom. The van der Waals surface area contributed by atoms with E-state index in [0.717, 1.165) is 0 Å². The molecule has 0 atom stereocenters. The lowest BCUT2D eigenvalue weighted by molar-refractivity contribution is 0.0127. The normalized spacial score (nSPS) is 11.6. The summed E-state index contributed by atoms with van der Waals surface area (Å²) in [4.78, 5) is 0. The molecular weight excluding hydrogens is 190 g/mol. The molecule has 0 aliphatic heterocycles. The van der Waals surface area contributed by atoms with Crippen molar-refractivity contribution in [1.82, 2.24) is 10.2 Å². The zero-order valence-electron chi connectivity index (χ0n) is 6.95. The fourth-order valence-corrected chi connectivity index (χ4v) is 1.05. The number of alkyl halides is 2. The summed E-state index contributed by atoms with van der Waals surface area (Å²) in [6.07, 6.45) is 1.89. The third-order valence-corrected chi connectivity index (χ3v) is 1.73. The van der Waals surface area contributed by atoms with Gasteiger partial charge in [0.2, 0.25) is 0 Å². The van der Waals surface area contributed by atoms with E-state index >= 15 is 0 Å². The summed E-state index contributed by atoms with van der Waals surface area (Å²) < 4.78 is 31.4. The van der Waals surface area contributed by atoms with E-state index in [0.29, 0.717) is 0 Å². The van der Waals surface area contributed by atoms with Gasteiger partial charge in [-0.15, -0.1) is 10.2 Å². The maximum absolute atomic E-state index is 13.5. The number of aromatic nitrogens is 2. The van der Waals surface area contributed by atoms with Crippen LogP contribution in [0.4, 0.5) is 8.78 Å². The number of halogens is 2. The van der Waals surface area contributed by atoms with Crippen LogP contribution in [-0.2, 0) is 5.92 Å². The molecule has 14 heavy (non-hydrogen) atoms. The first kappa shape index (κ1) is 8.80. The number of hydrogen-bond acceptors (Lipinski definition) is 3. The van der Waals surface area contributed by atoms with Gasteiger partial charge in [0.05, 0.1) is 0 Å². The smallest absolute Gasteiger partial charge is 0.349 e. The van der Waals surface area contributed by atoms with Gasteiger partial charge in [-0.3, -0.25) is 0 Å². The molecule has 1 aromatic heterocycles. The lowest BCUT2D eigenvalue weighted by atomic mass is 10.1. The van der Waals surface area contributed by atoms with Crippen LogP contribution in [0.5, 0.6) is 0 Å². The number of benzene rings is 1. The Hall–Kier alpha value is -1.78. The quantitative estimate of drug-likeness (QED) is 0.735. The van der Waals surface area contributed by atoms with E-state index in [-0.39, 0.29) is 5.56 Å². The molecule has 1 radical (unpaired) electrons. The van der Waals surface area contributed by atoms with Crippen LogP contribution in [-0.4, -0.2) is 10.2 Å². The highest BCUT2D eigenvalue weighted by Crippen LogP contribution is 2.33. The van der Waals surface area contributed by atoms with Crippen molar-refractivity contribution in [1.29, 1.82) is 0 Å². The van der Waals surface area contributed by atoms with Gasteiger partial charge < -0.3 is 4.42 Å². The van der Waals surface area contributed by atoms with Gasteiger partial charge in [0.25, 0.3) is 5.89 Å². The Labute approximate surface area is 78.4 Å². The number of hydrogen-bond donors (Lipinski definition) is 0. The summed E-state index contributed by atoms with van der Waals surface area (Å²) in [5.74, 6) is -4.00. The van der Waals surface area contributed by atoms with Crippen molar-refractivity contribution in [3.8, 4) is 0 Å². The van der Waals surface area contributed by atoms with E-state index in [1.54, 1.807) is 6.07 Å². The molecule has 0 spiro atoms. The summed E-state index contributed by atoms with van der Waals surface area (Å²) in [5, 5.41) is 6.23. The van der Waals surface area contributed by atoms with E-state index in [9.17, 15) is 8.78 Å². The average molecular weight is 195 g/mol. The van der Waals surface area contributed by atoms with Crippen molar-refractivity contribution < 1.29 is 13.2 Å². The molecular formula is C9H5F2N2O. The van der Waals surface area contributed by atoms with Crippen LogP contribution in [0.1, 0.15) is 11.5 Å². The van der Waals surface area contributed by atoms with E-state index in [2.05, 4.69) is 14.6 Å². The Morgan fingerprint density at radius 1 is 1.21 bits per heavy atom. The molecule has 5 heteroatoms. The molecule has 2 aromatic rings. The number of rotatable bonds is 2. The van der Waals surface area contributed by atoms with Crippen LogP contribution in [0, 0.1) is 6.39 Å². The van der Waals surface area contributed by atoms with E-state index in [4.69, 9.17) is 0 Å². The Balaban J connectivity index is 2.43. The molecule has 0 bridgehead atoms. The zero-order chi connectivity index (χ0) is 10.0. The third-order valence-electron chi connectivity index (χ3n) is 1.73. The molecule has 0 unspecified atom stereocenters. The van der Waals surface area contributed by atoms with Gasteiger partial charge in [-0.1, -0.05) is 30.3 Å². The summed E-state index contributed by atoms with van der Waals surface area (Å²) in [7, 11) is 0. The van der Waals surface area contributed by atoms with Crippen molar-refractivity contribution in [2.75, 3.05) is 0 Å². The summed E-state index contributed by atoms with van der Waals surface area (Å²) in [5.41, 5.74) is -0.183. The summed E-state index contributed by atoms with van der Waals surface area (Å²) in [6.45, 7) is 0. The molecule has 0 fully saturated rings. The van der Waals surface area contributed by atoms with E-state index < -0.39 is 11.8 Å². The topological polar surface area (TPSA) is 38.9 Å². The van der Waals surface area contributed by atoms with Gasteiger partial charge in [-0.25, -0.2) is 0 Å². The monoisotopic (exact) mass is 195 g/mol. The lowest BCUT2D eigenvalue weighted by Crippen LogP contribution is -2.15. The van der Waals surface area contributed by atoms with Crippen LogP contribution in [0.2, 0.25) is 0 Å². The molecule has 0 saturated carbocycles. The molecule has 71 valence electrons. The standard InChI is InChI=1S/C9H5F2N2O/c10-9(11,8-13-12-6-14-8)7-4-2-1-3-5-7/h1-5H. The highest BCUT2D eigenvalue weighted by molar-refractivity contribution is 5.24. The SMILES string of the molecule is FC(F)(c1ccccc1)c1nn[c]o1. The first-order chi connectivity index (χ1) is 6.71. The molecule has 1 heterocycles. The van der Waals surface area contributed by atoms with Crippen LogP contribution in [0.3, 0.4) is 0 Å². The minimum absolute atomic E-state index is 0.183. The van der Waals surface area contributed by atoms with Gasteiger partial charge >= 0.3 is 12.3 Å². The first-order valence-corrected chi connectivity index (χ1v) is 3.84. The van der Waals surface area contributed by atoms with Crippen LogP contribution < -0.4 is 0 Å². The van der Waals surface area contributed by atoms with Crippen molar-refractivity contribution in [3.63, 3.8) is 0 Å². The second-order valence-electron chi connectivity index (χ2n) is 2.64. The van der Waals surface area contributed by atoms with Crippen molar-refractivity contribution in [2.45, 2.75) is 5.92 Å². The van der Waals surface area contributed by atoms with Gasteiger partial charge in [0, 0.05) is 5.56 Å². The molecule has 0 aliphatic rings. The second-order valence-corrected chi connectivity index (χ2v) is 2.64. The van der Waals surface area contributed by atoms with Gasteiger partial charge in [-0.05, 0) is 0 Å². The highest BCUT2D eigenvalue weighted by atomic mass is 19.3. The van der Waals surface area contributed by atoms with Crippen molar-refractivity contribution in [3.05, 3.63) is 48.2 Å². The molecule has 2 rings (SSSR count). The average Bonchev–Trinajstić information content (AvgIpc) is 2.72. The van der Waals surface area contributed by atoms with Crippen molar-refractivity contribution >= 4 is 0 Å². The van der Waals surface area contributed by atoms with Crippen LogP contribution in [0.15, 0.2) is 34.7 Å². The maximum atomic E-state index is 13.5. The molecule has 1 aromatic carbocycles. The van der Waals surface area contributed by atoms with Crippen molar-refractivity contribution in [2.24, 2.45) is 0 Å². The minimum atomic E-state index is -3.26. The Morgan fingerprint density at radius 2 is 1.93 bits per heavy atom. The highest BCUT2D eigenvalue weighted by Gasteiger charge is 2.39. The Bertz CT molecular complexity index is 400. The number of nitrogens with zero attached hydrogens (tertiary/aromatic N) is 2.